The van der Waals surface area contributed by atoms with Crippen LogP contribution in [0, 0.1) is 0 Å². The number of phenols is 1. The predicted molar refractivity (Wildman–Crippen MR) is 163 cm³/mol. The highest BCUT2D eigenvalue weighted by atomic mass is 35.5. The van der Waals surface area contributed by atoms with Crippen LogP contribution in [0.15, 0.2) is 84.0 Å². The summed E-state index contributed by atoms with van der Waals surface area (Å²) >= 11 is 12.2. The Balaban J connectivity index is 1.29. The number of hydrogen-bond donors (Lipinski definition) is 1. The first kappa shape index (κ1) is 29.8. The van der Waals surface area contributed by atoms with Gasteiger partial charge in [0.25, 0.3) is 0 Å². The number of benzene rings is 3. The van der Waals surface area contributed by atoms with E-state index in [1.54, 1.807) is 55.8 Å². The number of rotatable bonds is 10. The average molecular weight is 615 g/mol. The van der Waals surface area contributed by atoms with E-state index in [1.807, 2.05) is 30.3 Å². The molecule has 0 amide bonds. The third-order valence-electron chi connectivity index (χ3n) is 7.69. The quantitative estimate of drug-likeness (QED) is 0.231. The van der Waals surface area contributed by atoms with Crippen molar-refractivity contribution in [2.75, 3.05) is 26.7 Å². The first-order valence-corrected chi connectivity index (χ1v) is 15.8. The lowest BCUT2D eigenvalue weighted by Crippen LogP contribution is -2.48. The van der Waals surface area contributed by atoms with Crippen LogP contribution < -0.4 is 0 Å². The van der Waals surface area contributed by atoms with Gasteiger partial charge in [-0.05, 0) is 66.8 Å². The zero-order valence-corrected chi connectivity index (χ0v) is 25.1. The minimum absolute atomic E-state index is 0.113. The lowest BCUT2D eigenvalue weighted by Gasteiger charge is -2.37. The molecule has 0 bridgehead atoms. The maximum absolute atomic E-state index is 14.0. The molecule has 1 atom stereocenters. The van der Waals surface area contributed by atoms with Gasteiger partial charge in [0.05, 0.1) is 27.7 Å². The van der Waals surface area contributed by atoms with Crippen LogP contribution in [-0.2, 0) is 27.8 Å². The van der Waals surface area contributed by atoms with Gasteiger partial charge in [-0.3, -0.25) is 4.98 Å². The van der Waals surface area contributed by atoms with Crippen molar-refractivity contribution in [2.24, 2.45) is 0 Å². The van der Waals surface area contributed by atoms with Crippen LogP contribution in [-0.4, -0.2) is 66.5 Å². The molecular formula is C31H33Cl2N3O4S. The molecule has 5 rings (SSSR count). The molecule has 0 spiro atoms. The van der Waals surface area contributed by atoms with E-state index in [1.165, 1.54) is 4.31 Å². The normalized spacial score (nSPS) is 15.9. The number of hydrogen-bond acceptors (Lipinski definition) is 6. The summed E-state index contributed by atoms with van der Waals surface area (Å²) < 4.78 is 35.7. The van der Waals surface area contributed by atoms with Crippen LogP contribution in [0.4, 0.5) is 0 Å². The summed E-state index contributed by atoms with van der Waals surface area (Å²) in [5, 5.41) is 12.2. The van der Waals surface area contributed by atoms with Gasteiger partial charge in [-0.25, -0.2) is 8.42 Å². The van der Waals surface area contributed by atoms with Crippen LogP contribution in [0.2, 0.25) is 10.0 Å². The predicted octanol–water partition coefficient (Wildman–Crippen LogP) is 6.16. The number of aromatic nitrogens is 1. The van der Waals surface area contributed by atoms with Crippen LogP contribution >= 0.6 is 23.2 Å². The summed E-state index contributed by atoms with van der Waals surface area (Å²) in [5.74, 6) is 0.179. The van der Waals surface area contributed by atoms with E-state index in [9.17, 15) is 13.5 Å². The maximum Gasteiger partial charge on any atom is 0.243 e. The fourth-order valence-corrected chi connectivity index (χ4v) is 7.16. The second-order valence-corrected chi connectivity index (χ2v) is 13.2. The molecule has 3 aromatic carbocycles. The Morgan fingerprint density at radius 2 is 1.76 bits per heavy atom. The zero-order chi connectivity index (χ0) is 29.0. The molecule has 1 saturated heterocycles. The molecule has 1 N–H and O–H groups in total. The molecule has 1 aliphatic heterocycles. The van der Waals surface area contributed by atoms with Gasteiger partial charge in [-0.1, -0.05) is 53.5 Å². The molecular weight excluding hydrogens is 581 g/mol. The van der Waals surface area contributed by atoms with E-state index in [0.717, 1.165) is 42.4 Å². The van der Waals surface area contributed by atoms with E-state index < -0.39 is 10.0 Å². The van der Waals surface area contributed by atoms with Gasteiger partial charge in [0.2, 0.25) is 10.0 Å². The molecule has 216 valence electrons. The summed E-state index contributed by atoms with van der Waals surface area (Å²) in [6.07, 6.45) is 5.61. The Morgan fingerprint density at radius 1 is 1.02 bits per heavy atom. The van der Waals surface area contributed by atoms with Crippen molar-refractivity contribution >= 4 is 44.0 Å². The average Bonchev–Trinajstić information content (AvgIpc) is 2.98. The number of halogens is 2. The van der Waals surface area contributed by atoms with Gasteiger partial charge in [0.15, 0.2) is 0 Å². The van der Waals surface area contributed by atoms with Crippen molar-refractivity contribution in [2.45, 2.75) is 42.9 Å². The monoisotopic (exact) mass is 613 g/mol. The molecule has 2 heterocycles. The lowest BCUT2D eigenvalue weighted by atomic mass is 10.0. The highest BCUT2D eigenvalue weighted by Gasteiger charge is 2.32. The van der Waals surface area contributed by atoms with Gasteiger partial charge in [-0.2, -0.15) is 4.31 Å². The highest BCUT2D eigenvalue weighted by molar-refractivity contribution is 7.89. The van der Waals surface area contributed by atoms with Gasteiger partial charge >= 0.3 is 0 Å². The molecule has 1 aliphatic rings. The van der Waals surface area contributed by atoms with E-state index >= 15 is 0 Å². The Kier molecular flexibility index (Phi) is 9.49. The van der Waals surface area contributed by atoms with Crippen molar-refractivity contribution in [3.63, 3.8) is 0 Å². The second-order valence-electron chi connectivity index (χ2n) is 10.5. The highest BCUT2D eigenvalue weighted by Crippen LogP contribution is 2.28. The molecule has 41 heavy (non-hydrogen) atoms. The largest absolute Gasteiger partial charge is 0.508 e. The number of fused-ring (bicyclic) bond motifs is 1. The van der Waals surface area contributed by atoms with E-state index in [0.29, 0.717) is 35.0 Å². The molecule has 0 radical (unpaired) electrons. The topological polar surface area (TPSA) is 83.0 Å². The van der Waals surface area contributed by atoms with Gasteiger partial charge < -0.3 is 14.7 Å². The standard InChI is InChI=1S/C31H33Cl2N3O4S/c1-35(41(38,39)31-4-2-3-24-19-34-14-11-28(24)31)25(17-22-5-8-26(37)9-6-22)20-36-15-12-27(13-16-36)40-21-23-7-10-29(32)30(33)18-23/h2-11,14,18-19,25,27,37H,12-13,15-17,20-21H2,1H3. The van der Waals surface area contributed by atoms with Crippen molar-refractivity contribution in [3.8, 4) is 5.75 Å². The summed E-state index contributed by atoms with van der Waals surface area (Å²) in [6.45, 7) is 2.63. The molecule has 4 aromatic rings. The lowest BCUT2D eigenvalue weighted by molar-refractivity contribution is -0.00510. The number of aromatic hydroxyl groups is 1. The van der Waals surface area contributed by atoms with Crippen LogP contribution in [0.25, 0.3) is 10.8 Å². The summed E-state index contributed by atoms with van der Waals surface area (Å²) in [5.41, 5.74) is 1.93. The van der Waals surface area contributed by atoms with E-state index in [-0.39, 0.29) is 22.8 Å². The number of phenolic OH excluding ortho intramolecular Hbond substituents is 1. The number of pyridine rings is 1. The Morgan fingerprint density at radius 3 is 2.49 bits per heavy atom. The smallest absolute Gasteiger partial charge is 0.243 e. The van der Waals surface area contributed by atoms with Crippen LogP contribution in [0.5, 0.6) is 5.75 Å². The number of likely N-dealkylation sites (N-methyl/N-ethyl adjacent to an activating group) is 1. The minimum Gasteiger partial charge on any atom is -0.508 e. The zero-order valence-electron chi connectivity index (χ0n) is 22.8. The number of likely N-dealkylation sites (tertiary alicyclic amines) is 1. The minimum atomic E-state index is -3.82. The summed E-state index contributed by atoms with van der Waals surface area (Å²) in [4.78, 5) is 6.72. The summed E-state index contributed by atoms with van der Waals surface area (Å²) in [7, 11) is -2.16. The van der Waals surface area contributed by atoms with E-state index in [4.69, 9.17) is 27.9 Å². The van der Waals surface area contributed by atoms with Gasteiger partial charge in [0.1, 0.15) is 5.75 Å². The second kappa shape index (κ2) is 13.1. The first-order chi connectivity index (χ1) is 19.7. The fourth-order valence-electron chi connectivity index (χ4n) is 5.28. The molecule has 1 aromatic heterocycles. The van der Waals surface area contributed by atoms with Crippen LogP contribution in [0.3, 0.4) is 0 Å². The maximum atomic E-state index is 14.0. The SMILES string of the molecule is CN(C(Cc1ccc(O)cc1)CN1CCC(OCc2ccc(Cl)c(Cl)c2)CC1)S(=O)(=O)c1cccc2cnccc12. The number of nitrogens with zero attached hydrogens (tertiary/aromatic N) is 3. The summed E-state index contributed by atoms with van der Waals surface area (Å²) in [6, 6.07) is 19.2. The Labute approximate surface area is 251 Å². The van der Waals surface area contributed by atoms with Crippen molar-refractivity contribution in [1.29, 1.82) is 0 Å². The molecule has 7 nitrogen and oxygen atoms in total. The fraction of sp³-hybridized carbons (Fsp3) is 0.323. The van der Waals surface area contributed by atoms with Crippen molar-refractivity contribution in [1.82, 2.24) is 14.2 Å². The molecule has 0 saturated carbocycles. The van der Waals surface area contributed by atoms with Gasteiger partial charge in [0, 0.05) is 55.9 Å². The van der Waals surface area contributed by atoms with Gasteiger partial charge in [-0.15, -0.1) is 0 Å². The van der Waals surface area contributed by atoms with Crippen LogP contribution in [0.1, 0.15) is 24.0 Å². The third kappa shape index (κ3) is 7.20. The number of piperidine rings is 1. The molecule has 0 aliphatic carbocycles. The third-order valence-corrected chi connectivity index (χ3v) is 10.4. The van der Waals surface area contributed by atoms with E-state index in [2.05, 4.69) is 9.88 Å². The van der Waals surface area contributed by atoms with Crippen molar-refractivity contribution in [3.05, 3.63) is 100 Å². The Hall–Kier alpha value is -2.72. The molecule has 1 unspecified atom stereocenters. The molecule has 10 heteroatoms. The first-order valence-electron chi connectivity index (χ1n) is 13.6. The number of sulfonamides is 1. The Bertz CT molecular complexity index is 1590. The van der Waals surface area contributed by atoms with Crippen molar-refractivity contribution < 1.29 is 18.3 Å². The number of ether oxygens (including phenoxy) is 1. The molecule has 1 fully saturated rings.